The van der Waals surface area contributed by atoms with Crippen LogP contribution in [0.1, 0.15) is 37.7 Å². The fourth-order valence-corrected chi connectivity index (χ4v) is 2.88. The quantitative estimate of drug-likeness (QED) is 0.571. The van der Waals surface area contributed by atoms with E-state index in [4.69, 9.17) is 0 Å². The number of halogens is 1. The first-order valence-electron chi connectivity index (χ1n) is 7.85. The summed E-state index contributed by atoms with van der Waals surface area (Å²) in [5.74, 6) is -1.11. The van der Waals surface area contributed by atoms with Crippen LogP contribution < -0.4 is 10.6 Å². The van der Waals surface area contributed by atoms with E-state index in [2.05, 4.69) is 10.6 Å². The van der Waals surface area contributed by atoms with Crippen LogP contribution in [-0.4, -0.2) is 24.5 Å². The number of carbonyl (C=O) groups excluding carboxylic acids is 3. The molecule has 0 spiro atoms. The lowest BCUT2D eigenvalue weighted by Crippen LogP contribution is -2.63. The average Bonchev–Trinajstić information content (AvgIpc) is 2.53. The zero-order valence-corrected chi connectivity index (χ0v) is 12.9. The monoisotopic (exact) mass is 320 g/mol. The Bertz CT molecular complexity index is 554. The molecule has 1 aromatic carbocycles. The Kier molecular flexibility index (Phi) is 5.84. The van der Waals surface area contributed by atoms with Crippen molar-refractivity contribution in [3.05, 3.63) is 35.9 Å². The number of barbiturate groups is 1. The van der Waals surface area contributed by atoms with E-state index in [1.54, 1.807) is 0 Å². The average molecular weight is 320 g/mol. The molecule has 0 atom stereocenters. The highest BCUT2D eigenvalue weighted by Crippen LogP contribution is 2.32. The van der Waals surface area contributed by atoms with E-state index in [9.17, 15) is 18.8 Å². The Morgan fingerprint density at radius 3 is 2.09 bits per heavy atom. The van der Waals surface area contributed by atoms with Gasteiger partial charge in [0.15, 0.2) is 0 Å². The molecule has 23 heavy (non-hydrogen) atoms. The van der Waals surface area contributed by atoms with Gasteiger partial charge in [0.1, 0.15) is 5.41 Å². The molecule has 0 aromatic heterocycles. The van der Waals surface area contributed by atoms with Gasteiger partial charge in [-0.05, 0) is 24.8 Å². The highest BCUT2D eigenvalue weighted by Gasteiger charge is 2.49. The SMILES string of the molecule is O=C1NC(=O)C(CCCCCCF)(Cc2ccccc2)C(=O)N1. The molecule has 1 saturated heterocycles. The highest BCUT2D eigenvalue weighted by molar-refractivity contribution is 6.19. The van der Waals surface area contributed by atoms with Gasteiger partial charge in [0.2, 0.25) is 11.8 Å². The standard InChI is InChI=1S/C17H21FN2O3/c18-11-7-2-1-6-10-17(12-13-8-4-3-5-9-13)14(21)19-16(23)20-15(17)22/h3-5,8-9H,1-2,6-7,10-12H2,(H2,19,20,21,22,23). The third-order valence-corrected chi connectivity index (χ3v) is 4.16. The van der Waals surface area contributed by atoms with Crippen molar-refractivity contribution in [2.45, 2.75) is 38.5 Å². The molecule has 1 fully saturated rings. The van der Waals surface area contributed by atoms with Crippen LogP contribution in [0.2, 0.25) is 0 Å². The number of nitrogens with one attached hydrogen (secondary N) is 2. The molecule has 124 valence electrons. The summed E-state index contributed by atoms with van der Waals surface area (Å²) in [6.07, 6.45) is 3.15. The summed E-state index contributed by atoms with van der Waals surface area (Å²) in [4.78, 5) is 36.2. The van der Waals surface area contributed by atoms with Gasteiger partial charge >= 0.3 is 6.03 Å². The van der Waals surface area contributed by atoms with Gasteiger partial charge in [-0.2, -0.15) is 0 Å². The van der Waals surface area contributed by atoms with E-state index in [0.29, 0.717) is 19.3 Å². The lowest BCUT2D eigenvalue weighted by molar-refractivity contribution is -0.145. The fourth-order valence-electron chi connectivity index (χ4n) is 2.88. The summed E-state index contributed by atoms with van der Waals surface area (Å²) >= 11 is 0. The predicted molar refractivity (Wildman–Crippen MR) is 83.3 cm³/mol. The zero-order chi connectivity index (χ0) is 16.7. The Morgan fingerprint density at radius 2 is 1.48 bits per heavy atom. The van der Waals surface area contributed by atoms with Crippen molar-refractivity contribution in [2.24, 2.45) is 5.41 Å². The summed E-state index contributed by atoms with van der Waals surface area (Å²) in [5.41, 5.74) is -0.429. The minimum absolute atomic E-state index is 0.238. The van der Waals surface area contributed by atoms with Crippen LogP contribution >= 0.6 is 0 Å². The molecule has 1 aromatic rings. The molecular formula is C17H21FN2O3. The number of urea groups is 1. The first-order chi connectivity index (χ1) is 11.1. The lowest BCUT2D eigenvalue weighted by Gasteiger charge is -2.34. The summed E-state index contributed by atoms with van der Waals surface area (Å²) in [7, 11) is 0. The van der Waals surface area contributed by atoms with Crippen LogP contribution in [0.4, 0.5) is 9.18 Å². The van der Waals surface area contributed by atoms with Gasteiger partial charge in [-0.3, -0.25) is 24.6 Å². The molecule has 6 heteroatoms. The molecule has 5 nitrogen and oxygen atoms in total. The van der Waals surface area contributed by atoms with Crippen molar-refractivity contribution in [3.8, 4) is 0 Å². The van der Waals surface area contributed by atoms with E-state index in [-0.39, 0.29) is 13.1 Å². The van der Waals surface area contributed by atoms with Crippen molar-refractivity contribution in [1.82, 2.24) is 10.6 Å². The smallest absolute Gasteiger partial charge is 0.277 e. The summed E-state index contributed by atoms with van der Waals surface area (Å²) < 4.78 is 12.1. The molecule has 4 amide bonds. The van der Waals surface area contributed by atoms with Crippen LogP contribution in [0.3, 0.4) is 0 Å². The van der Waals surface area contributed by atoms with Crippen LogP contribution in [0.5, 0.6) is 0 Å². The van der Waals surface area contributed by atoms with E-state index in [1.165, 1.54) is 0 Å². The van der Waals surface area contributed by atoms with Gasteiger partial charge < -0.3 is 0 Å². The van der Waals surface area contributed by atoms with Gasteiger partial charge in [-0.25, -0.2) is 4.79 Å². The molecule has 2 N–H and O–H groups in total. The van der Waals surface area contributed by atoms with Gasteiger partial charge in [-0.1, -0.05) is 49.6 Å². The predicted octanol–water partition coefficient (Wildman–Crippen LogP) is 2.50. The van der Waals surface area contributed by atoms with Gasteiger partial charge in [0, 0.05) is 0 Å². The molecule has 1 aliphatic rings. The van der Waals surface area contributed by atoms with E-state index in [1.807, 2.05) is 30.3 Å². The topological polar surface area (TPSA) is 75.3 Å². The third-order valence-electron chi connectivity index (χ3n) is 4.16. The maximum Gasteiger partial charge on any atom is 0.328 e. The number of alkyl halides is 1. The molecule has 1 heterocycles. The van der Waals surface area contributed by atoms with Crippen LogP contribution in [-0.2, 0) is 16.0 Å². The number of carbonyl (C=O) groups is 3. The number of hydrogen-bond donors (Lipinski definition) is 2. The minimum Gasteiger partial charge on any atom is -0.277 e. The van der Waals surface area contributed by atoms with Gasteiger partial charge in [0.05, 0.1) is 6.67 Å². The summed E-state index contributed by atoms with van der Waals surface area (Å²) in [5, 5.41) is 4.41. The Morgan fingerprint density at radius 1 is 0.870 bits per heavy atom. The largest absolute Gasteiger partial charge is 0.328 e. The molecule has 0 aliphatic carbocycles. The second-order valence-corrected chi connectivity index (χ2v) is 5.84. The molecule has 0 unspecified atom stereocenters. The van der Waals surface area contributed by atoms with Gasteiger partial charge in [0.25, 0.3) is 0 Å². The normalized spacial score (nSPS) is 16.8. The van der Waals surface area contributed by atoms with Crippen LogP contribution in [0.15, 0.2) is 30.3 Å². The Balaban J connectivity index is 2.14. The Labute approximate surface area is 134 Å². The van der Waals surface area contributed by atoms with Crippen LogP contribution in [0, 0.1) is 5.41 Å². The Hall–Kier alpha value is -2.24. The number of rotatable bonds is 8. The molecular weight excluding hydrogens is 299 g/mol. The van der Waals surface area contributed by atoms with Gasteiger partial charge in [-0.15, -0.1) is 0 Å². The number of unbranched alkanes of at least 4 members (excludes halogenated alkanes) is 3. The number of imide groups is 2. The first-order valence-corrected chi connectivity index (χ1v) is 7.85. The van der Waals surface area contributed by atoms with Crippen molar-refractivity contribution < 1.29 is 18.8 Å². The second kappa shape index (κ2) is 7.85. The number of amides is 4. The summed E-state index contributed by atoms with van der Waals surface area (Å²) in [6.45, 7) is -0.357. The minimum atomic E-state index is -1.29. The molecule has 1 aliphatic heterocycles. The van der Waals surface area contributed by atoms with Crippen molar-refractivity contribution in [1.29, 1.82) is 0 Å². The maximum absolute atomic E-state index is 12.4. The third kappa shape index (κ3) is 4.15. The zero-order valence-electron chi connectivity index (χ0n) is 12.9. The first kappa shape index (κ1) is 17.1. The summed E-state index contributed by atoms with van der Waals surface area (Å²) in [6, 6.07) is 8.46. The van der Waals surface area contributed by atoms with Crippen molar-refractivity contribution in [3.63, 3.8) is 0 Å². The van der Waals surface area contributed by atoms with Crippen molar-refractivity contribution >= 4 is 17.8 Å². The maximum atomic E-state index is 12.4. The molecule has 0 saturated carbocycles. The fraction of sp³-hybridized carbons (Fsp3) is 0.471. The van der Waals surface area contributed by atoms with Crippen molar-refractivity contribution in [2.75, 3.05) is 6.67 Å². The lowest BCUT2D eigenvalue weighted by atomic mass is 9.74. The van der Waals surface area contributed by atoms with E-state index < -0.39 is 23.3 Å². The molecule has 2 rings (SSSR count). The van der Waals surface area contributed by atoms with Crippen LogP contribution in [0.25, 0.3) is 0 Å². The van der Waals surface area contributed by atoms with E-state index in [0.717, 1.165) is 18.4 Å². The van der Waals surface area contributed by atoms with E-state index >= 15 is 0 Å². The number of hydrogen-bond acceptors (Lipinski definition) is 3. The second-order valence-electron chi connectivity index (χ2n) is 5.84. The molecule has 0 bridgehead atoms. The highest BCUT2D eigenvalue weighted by atomic mass is 19.1. The molecule has 0 radical (unpaired) electrons. The number of benzene rings is 1.